The summed E-state index contributed by atoms with van der Waals surface area (Å²) in [5.74, 6) is 0. The van der Waals surface area contributed by atoms with Crippen molar-refractivity contribution in [3.05, 3.63) is 41.5 Å². The zero-order valence-electron chi connectivity index (χ0n) is 7.87. The minimum Gasteiger partial charge on any atom is -0.357 e. The maximum atomic E-state index is 5.69. The van der Waals surface area contributed by atoms with E-state index in [4.69, 9.17) is 4.74 Å². The maximum absolute atomic E-state index is 5.69. The predicted molar refractivity (Wildman–Crippen MR) is 52.3 cm³/mol. The molecule has 1 fully saturated rings. The Bertz CT molecular complexity index is 405. The van der Waals surface area contributed by atoms with Gasteiger partial charge in [-0.1, -0.05) is 24.3 Å². The first-order valence-corrected chi connectivity index (χ1v) is 4.68. The predicted octanol–water partition coefficient (Wildman–Crippen LogP) is 2.72. The van der Waals surface area contributed by atoms with Crippen LogP contribution < -0.4 is 0 Å². The fourth-order valence-corrected chi connectivity index (χ4v) is 2.22. The number of fused-ring (bicyclic) bond motifs is 3. The molecule has 1 aromatic rings. The molecule has 1 nitrogen and oxygen atoms in total. The van der Waals surface area contributed by atoms with E-state index in [0.717, 1.165) is 0 Å². The first kappa shape index (κ1) is 7.34. The number of benzene rings is 1. The van der Waals surface area contributed by atoms with Crippen LogP contribution in [0.4, 0.5) is 0 Å². The van der Waals surface area contributed by atoms with Gasteiger partial charge in [0.15, 0.2) is 0 Å². The molecule has 1 heteroatoms. The van der Waals surface area contributed by atoms with E-state index < -0.39 is 0 Å². The van der Waals surface area contributed by atoms with E-state index in [0.29, 0.717) is 6.10 Å². The van der Waals surface area contributed by atoms with Gasteiger partial charge in [-0.2, -0.15) is 0 Å². The number of rotatable bonds is 0. The normalized spacial score (nSPS) is 34.6. The van der Waals surface area contributed by atoms with Gasteiger partial charge in [0.2, 0.25) is 0 Å². The molecule has 0 amide bonds. The molecule has 0 aromatic heterocycles. The number of hydrogen-bond donors (Lipinski definition) is 0. The van der Waals surface area contributed by atoms with Crippen molar-refractivity contribution in [3.63, 3.8) is 0 Å². The van der Waals surface area contributed by atoms with Crippen molar-refractivity contribution in [2.75, 3.05) is 0 Å². The van der Waals surface area contributed by atoms with Crippen LogP contribution in [0.3, 0.4) is 0 Å². The van der Waals surface area contributed by atoms with Gasteiger partial charge in [-0.25, -0.2) is 0 Å². The Morgan fingerprint density at radius 3 is 2.92 bits per heavy atom. The fourth-order valence-electron chi connectivity index (χ4n) is 2.22. The molecule has 3 rings (SSSR count). The summed E-state index contributed by atoms with van der Waals surface area (Å²) in [7, 11) is 0. The van der Waals surface area contributed by atoms with Crippen LogP contribution in [-0.4, -0.2) is 6.10 Å². The highest BCUT2D eigenvalue weighted by Gasteiger charge is 2.55. The first-order valence-electron chi connectivity index (χ1n) is 4.68. The quantitative estimate of drug-likeness (QED) is 0.548. The van der Waals surface area contributed by atoms with Crippen LogP contribution in [0, 0.1) is 0 Å². The SMILES string of the molecule is CC1=CC2OC2(C)c2ccccc21. The lowest BCUT2D eigenvalue weighted by Gasteiger charge is -2.17. The largest absolute Gasteiger partial charge is 0.357 e. The summed E-state index contributed by atoms with van der Waals surface area (Å²) in [6, 6.07) is 8.51. The van der Waals surface area contributed by atoms with Crippen LogP contribution in [0.1, 0.15) is 25.0 Å². The number of ether oxygens (including phenoxy) is 1. The molecule has 13 heavy (non-hydrogen) atoms. The molecule has 0 bridgehead atoms. The molecule has 1 heterocycles. The van der Waals surface area contributed by atoms with Crippen molar-refractivity contribution < 1.29 is 4.74 Å². The molecule has 0 saturated carbocycles. The zero-order valence-corrected chi connectivity index (χ0v) is 7.87. The van der Waals surface area contributed by atoms with E-state index in [-0.39, 0.29) is 5.60 Å². The van der Waals surface area contributed by atoms with E-state index in [1.54, 1.807) is 0 Å². The van der Waals surface area contributed by atoms with Crippen LogP contribution in [0.15, 0.2) is 30.3 Å². The van der Waals surface area contributed by atoms with Crippen molar-refractivity contribution in [2.45, 2.75) is 25.6 Å². The average Bonchev–Trinajstić information content (AvgIpc) is 2.79. The van der Waals surface area contributed by atoms with Gasteiger partial charge < -0.3 is 4.74 Å². The summed E-state index contributed by atoms with van der Waals surface area (Å²) in [4.78, 5) is 0. The monoisotopic (exact) mass is 172 g/mol. The van der Waals surface area contributed by atoms with Crippen molar-refractivity contribution in [2.24, 2.45) is 0 Å². The third-order valence-electron chi connectivity index (χ3n) is 3.15. The summed E-state index contributed by atoms with van der Waals surface area (Å²) in [6.45, 7) is 4.32. The van der Waals surface area contributed by atoms with Crippen molar-refractivity contribution in [1.82, 2.24) is 0 Å². The minimum atomic E-state index is -0.0178. The number of epoxide rings is 1. The minimum absolute atomic E-state index is 0.0178. The van der Waals surface area contributed by atoms with E-state index >= 15 is 0 Å². The van der Waals surface area contributed by atoms with Gasteiger partial charge in [0, 0.05) is 0 Å². The number of allylic oxidation sites excluding steroid dienone is 1. The van der Waals surface area contributed by atoms with Gasteiger partial charge in [-0.05, 0) is 36.6 Å². The van der Waals surface area contributed by atoms with Crippen LogP contribution in [-0.2, 0) is 10.3 Å². The molecule has 66 valence electrons. The molecule has 0 N–H and O–H groups in total. The Hall–Kier alpha value is -1.08. The molecule has 1 aliphatic carbocycles. The topological polar surface area (TPSA) is 12.5 Å². The van der Waals surface area contributed by atoms with Gasteiger partial charge in [0.05, 0.1) is 0 Å². The molecule has 1 saturated heterocycles. The average molecular weight is 172 g/mol. The lowest BCUT2D eigenvalue weighted by atomic mass is 9.84. The van der Waals surface area contributed by atoms with Gasteiger partial charge in [-0.3, -0.25) is 0 Å². The summed E-state index contributed by atoms with van der Waals surface area (Å²) in [5, 5.41) is 0. The summed E-state index contributed by atoms with van der Waals surface area (Å²) < 4.78 is 5.69. The standard InChI is InChI=1S/C12H12O/c1-8-7-11-12(2,13-11)10-6-4-3-5-9(8)10/h3-7,11H,1-2H3. The van der Waals surface area contributed by atoms with E-state index in [9.17, 15) is 0 Å². The Labute approximate surface area is 78.0 Å². The van der Waals surface area contributed by atoms with E-state index in [1.807, 2.05) is 0 Å². The summed E-state index contributed by atoms with van der Waals surface area (Å²) in [5.41, 5.74) is 4.02. The smallest absolute Gasteiger partial charge is 0.122 e. The molecule has 1 aromatic carbocycles. The first-order chi connectivity index (χ1) is 6.22. The molecule has 2 aliphatic rings. The van der Waals surface area contributed by atoms with Crippen molar-refractivity contribution in [3.8, 4) is 0 Å². The Balaban J connectivity index is 2.29. The van der Waals surface area contributed by atoms with Gasteiger partial charge in [-0.15, -0.1) is 0 Å². The number of hydrogen-bond acceptors (Lipinski definition) is 1. The van der Waals surface area contributed by atoms with Crippen LogP contribution in [0.5, 0.6) is 0 Å². The van der Waals surface area contributed by atoms with Crippen LogP contribution in [0.2, 0.25) is 0 Å². The lowest BCUT2D eigenvalue weighted by molar-refractivity contribution is 0.321. The maximum Gasteiger partial charge on any atom is 0.122 e. The van der Waals surface area contributed by atoms with Crippen LogP contribution in [0.25, 0.3) is 5.57 Å². The fraction of sp³-hybridized carbons (Fsp3) is 0.333. The van der Waals surface area contributed by atoms with Gasteiger partial charge >= 0.3 is 0 Å². The lowest BCUT2D eigenvalue weighted by Crippen LogP contribution is -2.13. The molecule has 0 spiro atoms. The van der Waals surface area contributed by atoms with Crippen LogP contribution >= 0.6 is 0 Å². The third-order valence-corrected chi connectivity index (χ3v) is 3.15. The van der Waals surface area contributed by atoms with Crippen molar-refractivity contribution >= 4 is 5.57 Å². The molecular weight excluding hydrogens is 160 g/mol. The Morgan fingerprint density at radius 2 is 2.08 bits per heavy atom. The molecule has 2 unspecified atom stereocenters. The Morgan fingerprint density at radius 1 is 1.31 bits per heavy atom. The zero-order chi connectivity index (χ0) is 9.05. The highest BCUT2D eigenvalue weighted by atomic mass is 16.6. The second kappa shape index (κ2) is 2.05. The van der Waals surface area contributed by atoms with Gasteiger partial charge in [0.25, 0.3) is 0 Å². The van der Waals surface area contributed by atoms with Crippen molar-refractivity contribution in [1.29, 1.82) is 0 Å². The molecular formula is C12H12O. The molecule has 0 radical (unpaired) electrons. The summed E-state index contributed by atoms with van der Waals surface area (Å²) in [6.07, 6.45) is 2.55. The van der Waals surface area contributed by atoms with E-state index in [1.165, 1.54) is 16.7 Å². The highest BCUT2D eigenvalue weighted by Crippen LogP contribution is 2.52. The molecule has 1 aliphatic heterocycles. The van der Waals surface area contributed by atoms with Gasteiger partial charge in [0.1, 0.15) is 11.7 Å². The Kier molecular flexibility index (Phi) is 1.15. The third kappa shape index (κ3) is 0.802. The highest BCUT2D eigenvalue weighted by molar-refractivity contribution is 5.72. The molecule has 2 atom stereocenters. The summed E-state index contributed by atoms with van der Waals surface area (Å²) >= 11 is 0. The second-order valence-electron chi connectivity index (χ2n) is 4.04. The second-order valence-corrected chi connectivity index (χ2v) is 4.04. The van der Waals surface area contributed by atoms with E-state index in [2.05, 4.69) is 44.2 Å².